The van der Waals surface area contributed by atoms with Crippen molar-refractivity contribution in [1.82, 2.24) is 10.2 Å². The van der Waals surface area contributed by atoms with Gasteiger partial charge in [0.1, 0.15) is 24.0 Å². The number of hydrogen-bond donors (Lipinski definition) is 1. The minimum atomic E-state index is -4.16. The van der Waals surface area contributed by atoms with Gasteiger partial charge in [-0.3, -0.25) is 24.0 Å². The zero-order valence-corrected chi connectivity index (χ0v) is 26.8. The average Bonchev–Trinajstić information content (AvgIpc) is 3.02. The van der Waals surface area contributed by atoms with Gasteiger partial charge in [0.15, 0.2) is 0 Å². The molecule has 0 heterocycles. The Morgan fingerprint density at radius 1 is 1.02 bits per heavy atom. The van der Waals surface area contributed by atoms with Crippen molar-refractivity contribution in [3.05, 3.63) is 99.1 Å². The lowest BCUT2D eigenvalue weighted by Crippen LogP contribution is -2.55. The van der Waals surface area contributed by atoms with Crippen LogP contribution in [-0.2, 0) is 32.6 Å². The van der Waals surface area contributed by atoms with Crippen molar-refractivity contribution >= 4 is 44.8 Å². The van der Waals surface area contributed by atoms with Gasteiger partial charge in [-0.1, -0.05) is 73.3 Å². The third-order valence-electron chi connectivity index (χ3n) is 7.81. The van der Waals surface area contributed by atoms with Crippen molar-refractivity contribution in [3.63, 3.8) is 0 Å². The number of nitrogens with one attached hydrogen (secondary N) is 1. The molecule has 0 radical (unpaired) electrons. The number of ether oxygens (including phenoxy) is 1. The van der Waals surface area contributed by atoms with Gasteiger partial charge in [-0.15, -0.1) is 0 Å². The zero-order chi connectivity index (χ0) is 32.6. The van der Waals surface area contributed by atoms with Crippen molar-refractivity contribution in [2.75, 3.05) is 24.2 Å². The Morgan fingerprint density at radius 2 is 1.69 bits per heavy atom. The molecule has 1 aliphatic carbocycles. The summed E-state index contributed by atoms with van der Waals surface area (Å²) in [5, 5.41) is 15.2. The molecule has 3 aromatic rings. The maximum Gasteiger partial charge on any atom is 0.271 e. The zero-order valence-electron chi connectivity index (χ0n) is 25.2. The molecule has 0 spiro atoms. The summed E-state index contributed by atoms with van der Waals surface area (Å²) in [6.07, 6.45) is 5.85. The molecule has 1 fully saturated rings. The van der Waals surface area contributed by atoms with Crippen molar-refractivity contribution in [2.45, 2.75) is 57.2 Å². The number of halogens is 1. The van der Waals surface area contributed by atoms with E-state index in [0.29, 0.717) is 10.6 Å². The van der Waals surface area contributed by atoms with E-state index in [9.17, 15) is 28.1 Å². The molecule has 0 saturated heterocycles. The minimum Gasteiger partial charge on any atom is -0.495 e. The average molecular weight is 657 g/mol. The minimum absolute atomic E-state index is 0.0186. The Morgan fingerprint density at radius 3 is 2.29 bits per heavy atom. The molecule has 4 rings (SSSR count). The van der Waals surface area contributed by atoms with E-state index in [4.69, 9.17) is 16.3 Å². The molecule has 0 aromatic heterocycles. The summed E-state index contributed by atoms with van der Waals surface area (Å²) in [5.74, 6) is -0.991. The number of nitro benzene ring substituents is 1. The van der Waals surface area contributed by atoms with Crippen molar-refractivity contribution < 1.29 is 27.7 Å². The van der Waals surface area contributed by atoms with E-state index in [1.807, 2.05) is 30.3 Å². The molecule has 0 bridgehead atoms. The number of nitrogens with zero attached hydrogens (tertiary/aromatic N) is 3. The number of benzene rings is 3. The highest BCUT2D eigenvalue weighted by molar-refractivity contribution is 7.92. The Bertz CT molecular complexity index is 1600. The summed E-state index contributed by atoms with van der Waals surface area (Å²) < 4.78 is 32.4. The third kappa shape index (κ3) is 9.18. The van der Waals surface area contributed by atoms with Crippen LogP contribution in [0.5, 0.6) is 5.75 Å². The SMILES string of the molecule is COc1ccc([N+](=O)[O-])cc1N(CC(=O)N(Cc1ccc(Cl)cc1)[C@@H](Cc1ccccc1)C(=O)NC1CCCCC1)S(C)(=O)=O. The number of carbonyl (C=O) groups is 2. The second kappa shape index (κ2) is 15.2. The summed E-state index contributed by atoms with van der Waals surface area (Å²) in [5.41, 5.74) is 0.949. The quantitative estimate of drug-likeness (QED) is 0.199. The van der Waals surface area contributed by atoms with Gasteiger partial charge < -0.3 is 15.0 Å². The lowest BCUT2D eigenvalue weighted by molar-refractivity contribution is -0.384. The summed E-state index contributed by atoms with van der Waals surface area (Å²) >= 11 is 6.11. The van der Waals surface area contributed by atoms with Gasteiger partial charge in [0, 0.05) is 36.2 Å². The number of non-ortho nitro benzene ring substituents is 1. The van der Waals surface area contributed by atoms with Crippen LogP contribution in [0.1, 0.15) is 43.2 Å². The first-order valence-corrected chi connectivity index (χ1v) is 16.9. The summed E-state index contributed by atoms with van der Waals surface area (Å²) in [6.45, 7) is -0.749. The molecule has 1 saturated carbocycles. The topological polar surface area (TPSA) is 139 Å². The monoisotopic (exact) mass is 656 g/mol. The molecule has 3 aromatic carbocycles. The Labute approximate surface area is 268 Å². The van der Waals surface area contributed by atoms with Crippen LogP contribution in [0, 0.1) is 10.1 Å². The van der Waals surface area contributed by atoms with E-state index >= 15 is 0 Å². The smallest absolute Gasteiger partial charge is 0.271 e. The van der Waals surface area contributed by atoms with Crippen molar-refractivity contribution in [1.29, 1.82) is 0 Å². The van der Waals surface area contributed by atoms with Crippen LogP contribution in [0.4, 0.5) is 11.4 Å². The third-order valence-corrected chi connectivity index (χ3v) is 9.19. The lowest BCUT2D eigenvalue weighted by Gasteiger charge is -2.35. The van der Waals surface area contributed by atoms with Crippen LogP contribution in [-0.4, -0.2) is 62.0 Å². The highest BCUT2D eigenvalue weighted by Gasteiger charge is 2.35. The summed E-state index contributed by atoms with van der Waals surface area (Å²) in [7, 11) is -2.87. The first-order valence-electron chi connectivity index (χ1n) is 14.6. The molecule has 45 heavy (non-hydrogen) atoms. The van der Waals surface area contributed by atoms with Crippen LogP contribution in [0.15, 0.2) is 72.8 Å². The predicted molar refractivity (Wildman–Crippen MR) is 173 cm³/mol. The Balaban J connectivity index is 1.77. The Kier molecular flexibility index (Phi) is 11.4. The van der Waals surface area contributed by atoms with Gasteiger partial charge in [0.2, 0.25) is 21.8 Å². The van der Waals surface area contributed by atoms with Crippen LogP contribution < -0.4 is 14.4 Å². The van der Waals surface area contributed by atoms with Gasteiger partial charge in [-0.05, 0) is 42.2 Å². The van der Waals surface area contributed by atoms with Gasteiger partial charge >= 0.3 is 0 Å². The highest BCUT2D eigenvalue weighted by Crippen LogP contribution is 2.34. The molecule has 11 nitrogen and oxygen atoms in total. The number of nitro groups is 1. The first-order chi connectivity index (χ1) is 21.5. The molecule has 0 aliphatic heterocycles. The second-order valence-electron chi connectivity index (χ2n) is 11.1. The standard InChI is InChI=1S/C32H37ClN4O7S/c1-44-30-18-17-27(37(40)41)20-28(30)36(45(2,42)43)22-31(38)35(21-24-13-15-25(33)16-14-24)29(19-23-9-5-3-6-10-23)32(39)34-26-11-7-4-8-12-26/h3,5-6,9-10,13-18,20,26,29H,4,7-8,11-12,19,21-22H2,1-2H3,(H,34,39)/t29-/m0/s1. The Hall–Kier alpha value is -4.16. The number of amides is 2. The normalized spacial score (nSPS) is 14.3. The van der Waals surface area contributed by atoms with E-state index in [1.165, 1.54) is 24.1 Å². The molecule has 0 unspecified atom stereocenters. The fourth-order valence-electron chi connectivity index (χ4n) is 5.47. The maximum absolute atomic E-state index is 14.3. The van der Waals surface area contributed by atoms with E-state index in [1.54, 1.807) is 24.3 Å². The molecule has 1 N–H and O–H groups in total. The van der Waals surface area contributed by atoms with E-state index in [-0.39, 0.29) is 42.0 Å². The van der Waals surface area contributed by atoms with Gasteiger partial charge in [-0.25, -0.2) is 8.42 Å². The van der Waals surface area contributed by atoms with Crippen molar-refractivity contribution in [2.24, 2.45) is 0 Å². The van der Waals surface area contributed by atoms with Crippen LogP contribution in [0.2, 0.25) is 5.02 Å². The fraction of sp³-hybridized carbons (Fsp3) is 0.375. The molecular formula is C32H37ClN4O7S. The lowest BCUT2D eigenvalue weighted by atomic mass is 9.94. The highest BCUT2D eigenvalue weighted by atomic mass is 35.5. The molecule has 1 aliphatic rings. The number of hydrogen-bond acceptors (Lipinski definition) is 7. The summed E-state index contributed by atoms with van der Waals surface area (Å²) in [6, 6.07) is 18.6. The van der Waals surface area contributed by atoms with E-state index in [2.05, 4.69) is 5.32 Å². The first kappa shape index (κ1) is 33.7. The molecule has 1 atom stereocenters. The van der Waals surface area contributed by atoms with Crippen LogP contribution in [0.25, 0.3) is 0 Å². The predicted octanol–water partition coefficient (Wildman–Crippen LogP) is 5.11. The summed E-state index contributed by atoms with van der Waals surface area (Å²) in [4.78, 5) is 40.6. The number of anilines is 1. The molecular weight excluding hydrogens is 620 g/mol. The number of sulfonamides is 1. The van der Waals surface area contributed by atoms with Crippen molar-refractivity contribution in [3.8, 4) is 5.75 Å². The maximum atomic E-state index is 14.3. The molecule has 240 valence electrons. The largest absolute Gasteiger partial charge is 0.495 e. The molecule has 13 heteroatoms. The number of methoxy groups -OCH3 is 1. The number of rotatable bonds is 13. The van der Waals surface area contributed by atoms with Crippen LogP contribution in [0.3, 0.4) is 0 Å². The molecule has 2 amide bonds. The fourth-order valence-corrected chi connectivity index (χ4v) is 6.44. The van der Waals surface area contributed by atoms with Crippen LogP contribution >= 0.6 is 11.6 Å². The van der Waals surface area contributed by atoms with E-state index < -0.39 is 33.4 Å². The van der Waals surface area contributed by atoms with E-state index in [0.717, 1.165) is 54.3 Å². The second-order valence-corrected chi connectivity index (χ2v) is 13.4. The van der Waals surface area contributed by atoms with Gasteiger partial charge in [0.25, 0.3) is 5.69 Å². The number of carbonyl (C=O) groups excluding carboxylic acids is 2. The van der Waals surface area contributed by atoms with Gasteiger partial charge in [0.05, 0.1) is 18.3 Å². The van der Waals surface area contributed by atoms with Gasteiger partial charge in [-0.2, -0.15) is 0 Å².